The number of aromatic nitrogens is 2. The molecule has 19 heavy (non-hydrogen) atoms. The van der Waals surface area contributed by atoms with Gasteiger partial charge in [0, 0.05) is 6.61 Å². The topological polar surface area (TPSA) is 36.3 Å². The van der Waals surface area contributed by atoms with Crippen LogP contribution in [0.3, 0.4) is 0 Å². The van der Waals surface area contributed by atoms with Crippen molar-refractivity contribution < 1.29 is 9.47 Å². The fourth-order valence-corrected chi connectivity index (χ4v) is 3.10. The molecule has 1 saturated carbocycles. The fraction of sp³-hybridized carbons (Fsp3) is 0.786. The molecule has 0 radical (unpaired) electrons. The van der Waals surface area contributed by atoms with Crippen molar-refractivity contribution >= 4 is 11.6 Å². The van der Waals surface area contributed by atoms with Crippen molar-refractivity contribution in [3.05, 3.63) is 11.3 Å². The molecule has 1 aliphatic heterocycles. The molecule has 106 valence electrons. The summed E-state index contributed by atoms with van der Waals surface area (Å²) in [7, 11) is 0. The van der Waals surface area contributed by atoms with Crippen LogP contribution in [0, 0.1) is 0 Å². The van der Waals surface area contributed by atoms with Crippen LogP contribution in [0.2, 0.25) is 5.15 Å². The lowest BCUT2D eigenvalue weighted by atomic mass is 10.1. The first-order valence-corrected chi connectivity index (χ1v) is 7.70. The van der Waals surface area contributed by atoms with Crippen LogP contribution in [-0.4, -0.2) is 28.6 Å². The van der Waals surface area contributed by atoms with E-state index < -0.39 is 0 Å². The Morgan fingerprint density at radius 3 is 2.79 bits per heavy atom. The third-order valence-corrected chi connectivity index (χ3v) is 4.37. The molecule has 5 heteroatoms. The zero-order valence-electron chi connectivity index (χ0n) is 11.2. The van der Waals surface area contributed by atoms with Crippen LogP contribution in [-0.2, 0) is 11.3 Å². The Balaban J connectivity index is 1.60. The van der Waals surface area contributed by atoms with Crippen molar-refractivity contribution in [2.75, 3.05) is 6.61 Å². The highest BCUT2D eigenvalue weighted by molar-refractivity contribution is 6.31. The van der Waals surface area contributed by atoms with Crippen LogP contribution in [0.5, 0.6) is 5.75 Å². The van der Waals surface area contributed by atoms with Crippen molar-refractivity contribution in [1.82, 2.24) is 9.78 Å². The third-order valence-electron chi connectivity index (χ3n) is 3.99. The van der Waals surface area contributed by atoms with Crippen LogP contribution in [0.4, 0.5) is 0 Å². The maximum atomic E-state index is 6.34. The first-order valence-electron chi connectivity index (χ1n) is 7.32. The van der Waals surface area contributed by atoms with Crippen molar-refractivity contribution in [2.45, 2.75) is 63.7 Å². The zero-order valence-corrected chi connectivity index (χ0v) is 11.9. The predicted molar refractivity (Wildman–Crippen MR) is 73.7 cm³/mol. The predicted octanol–water partition coefficient (Wildman–Crippen LogP) is 3.43. The summed E-state index contributed by atoms with van der Waals surface area (Å²) >= 11 is 6.34. The van der Waals surface area contributed by atoms with E-state index in [2.05, 4.69) is 5.10 Å². The highest BCUT2D eigenvalue weighted by Crippen LogP contribution is 2.30. The van der Waals surface area contributed by atoms with Crippen LogP contribution >= 0.6 is 11.6 Å². The Labute approximate surface area is 119 Å². The summed E-state index contributed by atoms with van der Waals surface area (Å²) in [5.41, 5.74) is 0. The fourth-order valence-electron chi connectivity index (χ4n) is 2.89. The monoisotopic (exact) mass is 284 g/mol. The highest BCUT2D eigenvalue weighted by atomic mass is 35.5. The number of rotatable bonds is 4. The molecule has 1 aliphatic carbocycles. The van der Waals surface area contributed by atoms with Crippen LogP contribution in [0.1, 0.15) is 44.9 Å². The molecule has 0 N–H and O–H groups in total. The molecule has 0 bridgehead atoms. The molecule has 2 fully saturated rings. The van der Waals surface area contributed by atoms with Crippen LogP contribution in [0.25, 0.3) is 0 Å². The Kier molecular flexibility index (Phi) is 4.28. The van der Waals surface area contributed by atoms with Gasteiger partial charge in [0.2, 0.25) is 0 Å². The van der Waals surface area contributed by atoms with E-state index in [0.29, 0.717) is 11.3 Å². The third kappa shape index (κ3) is 3.23. The average Bonchev–Trinajstić information content (AvgIpc) is 3.05. The lowest BCUT2D eigenvalue weighted by Gasteiger charge is -2.22. The van der Waals surface area contributed by atoms with Gasteiger partial charge in [-0.15, -0.1) is 0 Å². The number of halogens is 1. The molecule has 1 aromatic heterocycles. The summed E-state index contributed by atoms with van der Waals surface area (Å²) in [5, 5.41) is 4.94. The number of nitrogens with zero attached hydrogens (tertiary/aromatic N) is 2. The number of hydrogen-bond donors (Lipinski definition) is 0. The van der Waals surface area contributed by atoms with Crippen LogP contribution in [0.15, 0.2) is 6.20 Å². The average molecular weight is 285 g/mol. The Morgan fingerprint density at radius 2 is 2.05 bits per heavy atom. The molecule has 0 amide bonds. The van der Waals surface area contributed by atoms with Gasteiger partial charge in [-0.1, -0.05) is 11.6 Å². The van der Waals surface area contributed by atoms with E-state index in [0.717, 1.165) is 38.2 Å². The maximum absolute atomic E-state index is 6.34. The molecule has 1 aromatic rings. The molecule has 1 atom stereocenters. The molecule has 0 aromatic carbocycles. The minimum Gasteiger partial charge on any atom is -0.486 e. The zero-order chi connectivity index (χ0) is 13.1. The summed E-state index contributed by atoms with van der Waals surface area (Å²) in [4.78, 5) is 0. The van der Waals surface area contributed by atoms with E-state index in [9.17, 15) is 0 Å². The van der Waals surface area contributed by atoms with Crippen molar-refractivity contribution in [1.29, 1.82) is 0 Å². The van der Waals surface area contributed by atoms with E-state index in [1.54, 1.807) is 6.20 Å². The molecule has 3 rings (SSSR count). The second kappa shape index (κ2) is 6.14. The van der Waals surface area contributed by atoms with Gasteiger partial charge in [-0.25, -0.2) is 4.68 Å². The SMILES string of the molecule is Clc1c(OC2CCCC2)cnn1CC1CCCCO1. The minimum atomic E-state index is 0.241. The van der Waals surface area contributed by atoms with Crippen molar-refractivity contribution in [3.8, 4) is 5.75 Å². The van der Waals surface area contributed by atoms with Gasteiger partial charge in [-0.2, -0.15) is 5.10 Å². The summed E-state index contributed by atoms with van der Waals surface area (Å²) in [6, 6.07) is 0. The van der Waals surface area contributed by atoms with E-state index in [4.69, 9.17) is 21.1 Å². The smallest absolute Gasteiger partial charge is 0.176 e. The molecule has 1 saturated heterocycles. The summed E-state index contributed by atoms with van der Waals surface area (Å²) < 4.78 is 13.4. The second-order valence-corrected chi connectivity index (χ2v) is 5.85. The van der Waals surface area contributed by atoms with Crippen LogP contribution < -0.4 is 4.74 Å². The largest absolute Gasteiger partial charge is 0.486 e. The van der Waals surface area contributed by atoms with Gasteiger partial charge < -0.3 is 9.47 Å². The lowest BCUT2D eigenvalue weighted by molar-refractivity contribution is 0.00400. The number of hydrogen-bond acceptors (Lipinski definition) is 3. The normalized spacial score (nSPS) is 24.8. The lowest BCUT2D eigenvalue weighted by Crippen LogP contribution is -2.25. The van der Waals surface area contributed by atoms with E-state index in [1.165, 1.54) is 25.7 Å². The van der Waals surface area contributed by atoms with Gasteiger partial charge in [0.25, 0.3) is 0 Å². The van der Waals surface area contributed by atoms with Gasteiger partial charge in [-0.3, -0.25) is 0 Å². The number of ether oxygens (including phenoxy) is 2. The van der Waals surface area contributed by atoms with Gasteiger partial charge in [0.1, 0.15) is 0 Å². The summed E-state index contributed by atoms with van der Waals surface area (Å²) in [6.45, 7) is 1.59. The Hall–Kier alpha value is -0.740. The quantitative estimate of drug-likeness (QED) is 0.850. The summed E-state index contributed by atoms with van der Waals surface area (Å²) in [5.74, 6) is 0.726. The standard InChI is InChI=1S/C14H21ClN2O2/c15-14-13(19-11-5-1-2-6-11)9-16-17(14)10-12-7-3-4-8-18-12/h9,11-12H,1-8,10H2. The van der Waals surface area contributed by atoms with Gasteiger partial charge in [-0.05, 0) is 44.9 Å². The molecular formula is C14H21ClN2O2. The highest BCUT2D eigenvalue weighted by Gasteiger charge is 2.21. The van der Waals surface area contributed by atoms with E-state index in [-0.39, 0.29) is 6.10 Å². The van der Waals surface area contributed by atoms with Gasteiger partial charge >= 0.3 is 0 Å². The maximum Gasteiger partial charge on any atom is 0.176 e. The molecule has 2 aliphatic rings. The minimum absolute atomic E-state index is 0.241. The molecular weight excluding hydrogens is 264 g/mol. The van der Waals surface area contributed by atoms with Crippen molar-refractivity contribution in [3.63, 3.8) is 0 Å². The Bertz CT molecular complexity index is 410. The van der Waals surface area contributed by atoms with E-state index >= 15 is 0 Å². The first-order chi connectivity index (χ1) is 9.33. The van der Waals surface area contributed by atoms with E-state index in [1.807, 2.05) is 4.68 Å². The molecule has 1 unspecified atom stereocenters. The molecule has 0 spiro atoms. The first kappa shape index (κ1) is 13.3. The second-order valence-electron chi connectivity index (χ2n) is 5.49. The summed E-state index contributed by atoms with van der Waals surface area (Å²) in [6.07, 6.45) is 10.6. The molecule has 2 heterocycles. The Morgan fingerprint density at radius 1 is 1.26 bits per heavy atom. The van der Waals surface area contributed by atoms with Gasteiger partial charge in [0.05, 0.1) is 24.9 Å². The molecule has 4 nitrogen and oxygen atoms in total. The van der Waals surface area contributed by atoms with Crippen molar-refractivity contribution in [2.24, 2.45) is 0 Å². The van der Waals surface area contributed by atoms with Gasteiger partial charge in [0.15, 0.2) is 10.9 Å².